The zero-order chi connectivity index (χ0) is 57.0. The summed E-state index contributed by atoms with van der Waals surface area (Å²) in [5, 5.41) is 59.7. The van der Waals surface area contributed by atoms with Crippen molar-refractivity contribution in [1.82, 2.24) is 20.0 Å². The van der Waals surface area contributed by atoms with E-state index in [-0.39, 0.29) is 63.5 Å². The molecule has 37 heteroatoms. The molecule has 0 fully saturated rings. The fraction of sp³-hybridized carbons (Fsp3) is 0.150. The molecule has 0 aliphatic rings. The molecule has 30 nitrogen and oxygen atoms in total. The largest absolute Gasteiger partial charge is 0.505 e. The molecule has 0 atom stereocenters. The number of nitrogens with zero attached hydrogens (tertiary/aromatic N) is 10. The van der Waals surface area contributed by atoms with Gasteiger partial charge in [0.1, 0.15) is 38.3 Å². The normalized spacial score (nSPS) is 12.1. The maximum absolute atomic E-state index is 13.0. The lowest BCUT2D eigenvalue weighted by Gasteiger charge is -2.11. The Hall–Kier alpha value is -7.68. The third-order valence-electron chi connectivity index (χ3n) is 9.47. The van der Waals surface area contributed by atoms with Crippen molar-refractivity contribution in [2.75, 3.05) is 18.1 Å². The summed E-state index contributed by atoms with van der Waals surface area (Å²) in [6.07, 6.45) is 0.138. The van der Waals surface area contributed by atoms with Crippen LogP contribution in [0.25, 0.3) is 27.7 Å². The van der Waals surface area contributed by atoms with Crippen LogP contribution >= 0.6 is 23.1 Å². The molecule has 0 bridgehead atoms. The van der Waals surface area contributed by atoms with Gasteiger partial charge in [-0.25, -0.2) is 0 Å². The number of hydrogen-bond acceptors (Lipinski definition) is 27. The topological polar surface area (TPSA) is 470 Å². The standard InChI is InChI=1S/C39H34N10O15S6.CO2.O3S/c1-3-65-39-47-46-38(66-39)45-42-28-20-31(64-16-7-17-67(52,53)54)29(18-21(28)2)43-40-26-13-12-25-24(35(26)50)11-14-27(36(25)70(61,62)63)41-44-34-33(22-8-5-4-6-9-22)48-49(37(34)51)30-15-10-23(68(55,56)57)19-32(30)69(58,59)60;2-1-3;1-4(2)3/h4-6,8-15,18-20,50-51H,3,7,16-17H2,1-2H3,(H,52,53,54)(H,55,56,57)(H,58,59,60)(H,61,62,63);;. The van der Waals surface area contributed by atoms with E-state index < -0.39 is 100 Å². The summed E-state index contributed by atoms with van der Waals surface area (Å²) >= 11 is 2.70. The molecule has 7 aromatic rings. The van der Waals surface area contributed by atoms with Crippen molar-refractivity contribution in [2.24, 2.45) is 30.7 Å². The van der Waals surface area contributed by atoms with E-state index in [1.165, 1.54) is 59.5 Å². The lowest BCUT2D eigenvalue weighted by molar-refractivity contribution is -0.191. The number of aromatic nitrogens is 4. The monoisotopic (exact) mass is 1200 g/mol. The van der Waals surface area contributed by atoms with E-state index >= 15 is 0 Å². The molecule has 0 radical (unpaired) electrons. The highest BCUT2D eigenvalue weighted by Crippen LogP contribution is 2.45. The first-order valence-electron chi connectivity index (χ1n) is 20.5. The van der Waals surface area contributed by atoms with E-state index in [0.717, 1.165) is 30.0 Å². The average molecular weight is 1200 g/mol. The lowest BCUT2D eigenvalue weighted by Crippen LogP contribution is -2.09. The number of ether oxygens (including phenoxy) is 1. The summed E-state index contributed by atoms with van der Waals surface area (Å²) in [5.74, 6) is -1.36. The smallest absolute Gasteiger partial charge is 0.425 e. The van der Waals surface area contributed by atoms with E-state index in [0.29, 0.717) is 26.3 Å². The van der Waals surface area contributed by atoms with Crippen molar-refractivity contribution in [2.45, 2.75) is 39.3 Å². The number of azo groups is 3. The number of phenols is 1. The third-order valence-corrected chi connectivity index (χ3v) is 14.8. The van der Waals surface area contributed by atoms with Gasteiger partial charge in [0.05, 0.1) is 28.6 Å². The van der Waals surface area contributed by atoms with Crippen LogP contribution in [0, 0.1) is 6.92 Å². The van der Waals surface area contributed by atoms with Crippen LogP contribution in [0.15, 0.2) is 135 Å². The first-order chi connectivity index (χ1) is 36.1. The molecule has 0 aliphatic carbocycles. The highest BCUT2D eigenvalue weighted by molar-refractivity contribution is 8.01. The summed E-state index contributed by atoms with van der Waals surface area (Å²) in [7, 11) is -22.9. The summed E-state index contributed by atoms with van der Waals surface area (Å²) in [4.78, 5) is 13.3. The number of aromatic hydroxyl groups is 2. The van der Waals surface area contributed by atoms with E-state index in [9.17, 15) is 62.1 Å². The second kappa shape index (κ2) is 25.4. The minimum atomic E-state index is -5.27. The van der Waals surface area contributed by atoms with Crippen LogP contribution in [0.5, 0.6) is 17.4 Å². The van der Waals surface area contributed by atoms with Crippen LogP contribution < -0.4 is 4.74 Å². The number of rotatable bonds is 18. The molecule has 0 saturated heterocycles. The molecule has 7 rings (SSSR count). The van der Waals surface area contributed by atoms with Gasteiger partial charge in [0.25, 0.3) is 45.6 Å². The van der Waals surface area contributed by atoms with Crippen molar-refractivity contribution in [3.8, 4) is 34.3 Å². The lowest BCUT2D eigenvalue weighted by atomic mass is 10.1. The van der Waals surface area contributed by atoms with E-state index in [1.54, 1.807) is 25.1 Å². The van der Waals surface area contributed by atoms with Crippen LogP contribution in [-0.2, 0) is 60.7 Å². The van der Waals surface area contributed by atoms with Crippen LogP contribution in [0.1, 0.15) is 18.9 Å². The number of benzene rings is 5. The van der Waals surface area contributed by atoms with Gasteiger partial charge in [-0.15, -0.1) is 53.5 Å². The fourth-order valence-corrected chi connectivity index (χ4v) is 10.5. The highest BCUT2D eigenvalue weighted by Gasteiger charge is 2.28. The van der Waals surface area contributed by atoms with Crippen LogP contribution in [0.4, 0.5) is 33.6 Å². The van der Waals surface area contributed by atoms with Crippen molar-refractivity contribution in [1.29, 1.82) is 0 Å². The van der Waals surface area contributed by atoms with Gasteiger partial charge in [0, 0.05) is 22.4 Å². The van der Waals surface area contributed by atoms with Gasteiger partial charge in [-0.2, -0.15) is 53.0 Å². The van der Waals surface area contributed by atoms with Gasteiger partial charge >= 0.3 is 16.8 Å². The molecule has 406 valence electrons. The molecular weight excluding hydrogens is 1160 g/mol. The van der Waals surface area contributed by atoms with Gasteiger partial charge in [0.2, 0.25) is 5.88 Å². The van der Waals surface area contributed by atoms with Crippen molar-refractivity contribution in [3.63, 3.8) is 0 Å². The Morgan fingerprint density at radius 3 is 1.94 bits per heavy atom. The summed E-state index contributed by atoms with van der Waals surface area (Å²) < 4.78 is 169. The predicted molar refractivity (Wildman–Crippen MR) is 267 cm³/mol. The number of phenolic OH excluding ortho intramolecular Hbond substituents is 1. The van der Waals surface area contributed by atoms with Crippen molar-refractivity contribution in [3.05, 3.63) is 90.5 Å². The SMILES string of the molecule is CCSc1nnc(N=Nc2cc(OCCCS(=O)(=O)O)c(N=Nc3ccc4c(S(=O)(=O)O)c(N=Nc5c(-c6ccccc6)nn(-c6ccc(S(=O)(=O)O)cc6S(=O)(=O)O)c5O)ccc4c3O)cc2C)s1.O=C=O.O=S(=O)=O. The molecule has 2 aromatic heterocycles. The molecule has 0 unspecified atom stereocenters. The first-order valence-corrected chi connectivity index (χ1v) is 29.2. The third kappa shape index (κ3) is 16.2. The molecule has 2 heterocycles. The van der Waals surface area contributed by atoms with Crippen LogP contribution in [0.3, 0.4) is 0 Å². The Labute approximate surface area is 444 Å². The fourth-order valence-electron chi connectivity index (χ4n) is 6.38. The second-order valence-corrected chi connectivity index (χ2v) is 23.2. The van der Waals surface area contributed by atoms with Crippen LogP contribution in [0.2, 0.25) is 0 Å². The minimum absolute atomic E-state index is 0.0444. The Balaban J connectivity index is 0.00000147. The van der Waals surface area contributed by atoms with E-state index in [1.807, 2.05) is 6.92 Å². The number of thioether (sulfide) groups is 1. The van der Waals surface area contributed by atoms with Crippen molar-refractivity contribution < 1.29 is 89.0 Å². The average Bonchev–Trinajstić information content (AvgIpc) is 3.94. The second-order valence-electron chi connectivity index (χ2n) is 14.6. The Bertz CT molecular complexity index is 4090. The number of aryl methyl sites for hydroxylation is 1. The number of hydrogen-bond donors (Lipinski definition) is 6. The summed E-state index contributed by atoms with van der Waals surface area (Å²) in [5.41, 5.74) is -0.939. The Morgan fingerprint density at radius 1 is 0.714 bits per heavy atom. The molecule has 77 heavy (non-hydrogen) atoms. The molecule has 0 aliphatic heterocycles. The Kier molecular flexibility index (Phi) is 19.9. The van der Waals surface area contributed by atoms with Crippen molar-refractivity contribution >= 4 is 125 Å². The number of carbonyl (C=O) groups excluding carboxylic acids is 2. The Morgan fingerprint density at radius 2 is 1.32 bits per heavy atom. The first kappa shape index (κ1) is 60.2. The molecule has 0 spiro atoms. The van der Waals surface area contributed by atoms with Gasteiger partial charge < -0.3 is 14.9 Å². The highest BCUT2D eigenvalue weighted by atomic mass is 32.2. The molecular formula is C40H34N10O20S7. The molecule has 0 amide bonds. The van der Waals surface area contributed by atoms with Gasteiger partial charge in [0.15, 0.2) is 15.8 Å². The van der Waals surface area contributed by atoms with Crippen LogP contribution in [-0.4, -0.2) is 119 Å². The maximum Gasteiger partial charge on any atom is 0.425 e. The number of fused-ring (bicyclic) bond motifs is 1. The molecule has 0 saturated carbocycles. The summed E-state index contributed by atoms with van der Waals surface area (Å²) in [6, 6.07) is 17.3. The minimum Gasteiger partial charge on any atom is -0.505 e. The van der Waals surface area contributed by atoms with E-state index in [4.69, 9.17) is 27.0 Å². The zero-order valence-corrected chi connectivity index (χ0v) is 44.4. The molecule has 5 aromatic carbocycles. The van der Waals surface area contributed by atoms with Gasteiger partial charge in [-0.1, -0.05) is 66.4 Å². The quantitative estimate of drug-likeness (QED) is 0.0210. The molecule has 6 N–H and O–H groups in total. The maximum atomic E-state index is 13.0. The van der Waals surface area contributed by atoms with Gasteiger partial charge in [-0.05, 0) is 67.1 Å². The zero-order valence-electron chi connectivity index (χ0n) is 38.6. The van der Waals surface area contributed by atoms with Gasteiger partial charge in [-0.3, -0.25) is 18.2 Å². The van der Waals surface area contributed by atoms with E-state index in [2.05, 4.69) is 46.0 Å². The predicted octanol–water partition coefficient (Wildman–Crippen LogP) is 7.43. The summed E-state index contributed by atoms with van der Waals surface area (Å²) in [6.45, 7) is 3.43.